The van der Waals surface area contributed by atoms with Crippen molar-refractivity contribution in [1.29, 1.82) is 0 Å². The van der Waals surface area contributed by atoms with Gasteiger partial charge in [-0.2, -0.15) is 8.42 Å². The van der Waals surface area contributed by atoms with Gasteiger partial charge in [-0.3, -0.25) is 9.35 Å². The molecule has 0 radical (unpaired) electrons. The Bertz CT molecular complexity index is 1430. The van der Waals surface area contributed by atoms with E-state index in [0.717, 1.165) is 70.6 Å². The molecule has 0 saturated carbocycles. The van der Waals surface area contributed by atoms with Gasteiger partial charge < -0.3 is 34.3 Å². The largest absolute Gasteiger partial charge is 0.457 e. The van der Waals surface area contributed by atoms with Crippen molar-refractivity contribution in [3.8, 4) is 0 Å². The van der Waals surface area contributed by atoms with Crippen LogP contribution in [-0.4, -0.2) is 97.5 Å². The zero-order valence-electron chi connectivity index (χ0n) is 34.5. The van der Waals surface area contributed by atoms with Crippen LogP contribution in [-0.2, 0) is 38.3 Å². The highest BCUT2D eigenvalue weighted by Gasteiger charge is 2.48. The summed E-state index contributed by atoms with van der Waals surface area (Å²) in [5.41, 5.74) is 0. The van der Waals surface area contributed by atoms with Crippen LogP contribution in [0.5, 0.6) is 0 Å². The molecule has 0 spiro atoms. The molecule has 0 bridgehead atoms. The first kappa shape index (κ1) is 52.8. The van der Waals surface area contributed by atoms with Crippen LogP contribution >= 0.6 is 0 Å². The molecule has 12 nitrogen and oxygen atoms in total. The van der Waals surface area contributed by atoms with Gasteiger partial charge in [0, 0.05) is 6.42 Å². The van der Waals surface area contributed by atoms with Gasteiger partial charge in [0.2, 0.25) is 0 Å². The highest BCUT2D eigenvalue weighted by atomic mass is 32.3. The molecule has 0 aromatic rings. The van der Waals surface area contributed by atoms with Gasteiger partial charge in [0.25, 0.3) is 0 Å². The summed E-state index contributed by atoms with van der Waals surface area (Å²) >= 11 is 0. The van der Waals surface area contributed by atoms with Gasteiger partial charge in [0.05, 0.1) is 26.4 Å². The molecular weight excluding hydrogens is 765 g/mol. The van der Waals surface area contributed by atoms with Crippen LogP contribution in [0.25, 0.3) is 0 Å². The summed E-state index contributed by atoms with van der Waals surface area (Å²) in [4.78, 5) is 12.8. The van der Waals surface area contributed by atoms with E-state index in [1.807, 2.05) is 12.2 Å². The first-order valence-corrected chi connectivity index (χ1v) is 22.0. The van der Waals surface area contributed by atoms with E-state index < -0.39 is 59.8 Å². The molecule has 13 heteroatoms. The molecule has 0 aromatic carbocycles. The van der Waals surface area contributed by atoms with Gasteiger partial charge in [0.1, 0.15) is 30.5 Å². The van der Waals surface area contributed by atoms with E-state index >= 15 is 0 Å². The Morgan fingerprint density at radius 1 is 0.655 bits per heavy atom. The lowest BCUT2D eigenvalue weighted by Crippen LogP contribution is -2.60. The van der Waals surface area contributed by atoms with Gasteiger partial charge >= 0.3 is 16.4 Å². The molecule has 58 heavy (non-hydrogen) atoms. The van der Waals surface area contributed by atoms with Crippen molar-refractivity contribution in [2.45, 2.75) is 141 Å². The summed E-state index contributed by atoms with van der Waals surface area (Å²) in [5, 5.41) is 30.6. The number of ether oxygens (including phenoxy) is 4. The average molecular weight is 835 g/mol. The van der Waals surface area contributed by atoms with E-state index in [1.54, 1.807) is 0 Å². The topological polar surface area (TPSA) is 178 Å². The standard InChI is InChI=1S/C45H70O12S/c1-3-5-7-9-11-13-15-17-19-21-23-25-27-29-31-33-35-53-37-39(38-54-45-43(49)44(57-58(50,51)52)42(48)40(36-46)56-45)55-41(47)34-32-30-28-26-24-22-20-18-16-14-12-10-8-6-4-2/h5-8,11-14,17-20,23-26,29,31,39-40,42-46,48-49H,3-4,9-10,15-16,21-22,27-28,30,32-38H2,1-2H3,(H,50,51,52)/b7-5-,8-6-,13-11-,14-12-,19-17-,20-18-,25-23-,26-24-,31-29-. The van der Waals surface area contributed by atoms with E-state index in [-0.39, 0.29) is 19.6 Å². The normalized spacial score (nSPS) is 21.7. The highest BCUT2D eigenvalue weighted by molar-refractivity contribution is 7.80. The number of unbranched alkanes of at least 4 members (excludes halogenated alkanes) is 2. The molecule has 6 atom stereocenters. The SMILES string of the molecule is CC/C=C\C/C=C\C/C=C\C/C=C\C/C=C\CCOCC(COC1OC(CO)C(O)C(OS(=O)(=O)O)C1O)OC(=O)CCCC/C=C\C/C=C\C/C=C\C/C=C\CC. The van der Waals surface area contributed by atoms with Gasteiger partial charge in [0.15, 0.2) is 6.29 Å². The molecule has 6 unspecified atom stereocenters. The molecular formula is C45H70O12S. The molecule has 1 saturated heterocycles. The second-order valence-electron chi connectivity index (χ2n) is 13.5. The summed E-state index contributed by atoms with van der Waals surface area (Å²) in [6.45, 7) is 3.43. The summed E-state index contributed by atoms with van der Waals surface area (Å²) in [5.74, 6) is -0.471. The zero-order chi connectivity index (χ0) is 42.5. The van der Waals surface area contributed by atoms with Gasteiger partial charge in [-0.1, -0.05) is 123 Å². The van der Waals surface area contributed by atoms with Crippen LogP contribution in [0.3, 0.4) is 0 Å². The number of esters is 1. The summed E-state index contributed by atoms with van der Waals surface area (Å²) in [6.07, 6.45) is 40.1. The van der Waals surface area contributed by atoms with Crippen molar-refractivity contribution in [3.05, 3.63) is 109 Å². The number of hydrogen-bond donors (Lipinski definition) is 4. The monoisotopic (exact) mass is 834 g/mol. The molecule has 1 aliphatic heterocycles. The maximum atomic E-state index is 12.8. The number of hydrogen-bond acceptors (Lipinski definition) is 11. The number of carbonyl (C=O) groups is 1. The van der Waals surface area contributed by atoms with Gasteiger partial charge in [-0.15, -0.1) is 0 Å². The summed E-state index contributed by atoms with van der Waals surface area (Å²) < 4.78 is 58.7. The van der Waals surface area contributed by atoms with Crippen LogP contribution in [0.1, 0.15) is 104 Å². The predicted molar refractivity (Wildman–Crippen MR) is 229 cm³/mol. The van der Waals surface area contributed by atoms with E-state index in [2.05, 4.69) is 115 Å². The van der Waals surface area contributed by atoms with Crippen molar-refractivity contribution >= 4 is 16.4 Å². The smallest absolute Gasteiger partial charge is 0.397 e. The zero-order valence-corrected chi connectivity index (χ0v) is 35.4. The minimum Gasteiger partial charge on any atom is -0.457 e. The molecule has 1 aliphatic rings. The third kappa shape index (κ3) is 29.0. The fourth-order valence-electron chi connectivity index (χ4n) is 5.37. The third-order valence-electron chi connectivity index (χ3n) is 8.41. The Hall–Kier alpha value is -3.24. The first-order chi connectivity index (χ1) is 28.1. The van der Waals surface area contributed by atoms with E-state index in [4.69, 9.17) is 23.5 Å². The van der Waals surface area contributed by atoms with Crippen LogP contribution in [0, 0.1) is 0 Å². The third-order valence-corrected chi connectivity index (χ3v) is 8.88. The van der Waals surface area contributed by atoms with Crippen molar-refractivity contribution < 1.29 is 56.2 Å². The molecule has 1 rings (SSSR count). The number of aliphatic hydroxyl groups excluding tert-OH is 3. The fourth-order valence-corrected chi connectivity index (χ4v) is 5.88. The molecule has 0 amide bonds. The lowest BCUT2D eigenvalue weighted by molar-refractivity contribution is -0.301. The van der Waals surface area contributed by atoms with Crippen molar-refractivity contribution in [1.82, 2.24) is 0 Å². The minimum absolute atomic E-state index is 0.0434. The van der Waals surface area contributed by atoms with Gasteiger partial charge in [-0.25, -0.2) is 4.18 Å². The van der Waals surface area contributed by atoms with Crippen molar-refractivity contribution in [2.75, 3.05) is 26.4 Å². The molecule has 1 fully saturated rings. The molecule has 0 aromatic heterocycles. The maximum Gasteiger partial charge on any atom is 0.397 e. The van der Waals surface area contributed by atoms with Crippen molar-refractivity contribution in [2.24, 2.45) is 0 Å². The second kappa shape index (κ2) is 35.7. The van der Waals surface area contributed by atoms with Gasteiger partial charge in [-0.05, 0) is 83.5 Å². The average Bonchev–Trinajstić information content (AvgIpc) is 3.19. The number of carbonyl (C=O) groups excluding carboxylic acids is 1. The molecule has 0 aliphatic carbocycles. The van der Waals surface area contributed by atoms with Crippen LogP contribution in [0.4, 0.5) is 0 Å². The van der Waals surface area contributed by atoms with E-state index in [9.17, 15) is 28.5 Å². The number of rotatable bonds is 33. The fraction of sp³-hybridized carbons (Fsp3) is 0.578. The van der Waals surface area contributed by atoms with Crippen LogP contribution in [0.2, 0.25) is 0 Å². The number of aliphatic hydroxyl groups is 3. The lowest BCUT2D eigenvalue weighted by Gasteiger charge is -2.41. The molecule has 4 N–H and O–H groups in total. The lowest BCUT2D eigenvalue weighted by atomic mass is 9.99. The molecule has 328 valence electrons. The Morgan fingerprint density at radius 3 is 1.59 bits per heavy atom. The van der Waals surface area contributed by atoms with Crippen LogP contribution in [0.15, 0.2) is 109 Å². The predicted octanol–water partition coefficient (Wildman–Crippen LogP) is 8.07. The summed E-state index contributed by atoms with van der Waals surface area (Å²) in [7, 11) is -5.08. The first-order valence-electron chi connectivity index (χ1n) is 20.6. The van der Waals surface area contributed by atoms with E-state index in [1.165, 1.54) is 0 Å². The Balaban J connectivity index is 2.58. The Labute approximate surface area is 348 Å². The second-order valence-corrected chi connectivity index (χ2v) is 14.5. The number of allylic oxidation sites excluding steroid dienone is 17. The molecule has 1 heterocycles. The Morgan fingerprint density at radius 2 is 1.12 bits per heavy atom. The highest BCUT2D eigenvalue weighted by Crippen LogP contribution is 2.26. The Kier molecular flexibility index (Phi) is 32.5. The maximum absolute atomic E-state index is 12.8. The van der Waals surface area contributed by atoms with Crippen molar-refractivity contribution in [3.63, 3.8) is 0 Å². The summed E-state index contributed by atoms with van der Waals surface area (Å²) in [6, 6.07) is 0. The van der Waals surface area contributed by atoms with E-state index in [0.29, 0.717) is 19.4 Å². The quantitative estimate of drug-likeness (QED) is 0.0217. The van der Waals surface area contributed by atoms with Crippen LogP contribution < -0.4 is 0 Å². The minimum atomic E-state index is -5.08.